The molecule has 3 N–H and O–H groups in total. The number of carbonyl (C=O) groups excluding carboxylic acids is 1. The molecule has 7 nitrogen and oxygen atoms in total. The zero-order chi connectivity index (χ0) is 18.9. The van der Waals surface area contributed by atoms with Gasteiger partial charge in [-0.15, -0.1) is 0 Å². The van der Waals surface area contributed by atoms with E-state index in [-0.39, 0.29) is 17.3 Å². The number of nitrogens with one attached hydrogen (secondary N) is 3. The minimum absolute atomic E-state index is 0.144. The molecule has 2 aliphatic rings. The first kappa shape index (κ1) is 18.1. The molecule has 8 heteroatoms. The van der Waals surface area contributed by atoms with Gasteiger partial charge < -0.3 is 15.4 Å². The van der Waals surface area contributed by atoms with Crippen molar-refractivity contribution in [1.82, 2.24) is 15.4 Å². The van der Waals surface area contributed by atoms with E-state index in [2.05, 4.69) is 27.5 Å². The summed E-state index contributed by atoms with van der Waals surface area (Å²) < 4.78 is 32.5. The lowest BCUT2D eigenvalue weighted by molar-refractivity contribution is -0.120. The monoisotopic (exact) mass is 387 g/mol. The van der Waals surface area contributed by atoms with Crippen LogP contribution in [0.3, 0.4) is 0 Å². The van der Waals surface area contributed by atoms with Crippen LogP contribution in [0.1, 0.15) is 27.8 Å². The second-order valence-electron chi connectivity index (χ2n) is 6.73. The van der Waals surface area contributed by atoms with E-state index in [1.807, 2.05) is 6.07 Å². The van der Waals surface area contributed by atoms with Gasteiger partial charge in [0, 0.05) is 19.6 Å². The molecule has 0 saturated heterocycles. The summed E-state index contributed by atoms with van der Waals surface area (Å²) in [6, 6.07) is 11.0. The SMILES string of the molecule is O=C(CNS(=O)(=O)c1ccc2c(c1)COC2)NCc1ccc2c(c1)CNC2. The maximum Gasteiger partial charge on any atom is 0.241 e. The molecule has 0 radical (unpaired) electrons. The average molecular weight is 387 g/mol. The third kappa shape index (κ3) is 4.03. The van der Waals surface area contributed by atoms with E-state index in [1.54, 1.807) is 12.1 Å². The minimum Gasteiger partial charge on any atom is -0.372 e. The van der Waals surface area contributed by atoms with Crippen molar-refractivity contribution >= 4 is 15.9 Å². The second-order valence-corrected chi connectivity index (χ2v) is 8.50. The molecule has 0 unspecified atom stereocenters. The largest absolute Gasteiger partial charge is 0.372 e. The van der Waals surface area contributed by atoms with Gasteiger partial charge in [-0.2, -0.15) is 0 Å². The van der Waals surface area contributed by atoms with Crippen LogP contribution >= 0.6 is 0 Å². The molecule has 0 bridgehead atoms. The highest BCUT2D eigenvalue weighted by atomic mass is 32.2. The Morgan fingerprint density at radius 2 is 1.78 bits per heavy atom. The van der Waals surface area contributed by atoms with E-state index >= 15 is 0 Å². The van der Waals surface area contributed by atoms with Crippen molar-refractivity contribution in [2.45, 2.75) is 37.7 Å². The standard InChI is InChI=1S/C19H21N3O4S/c23-19(21-7-13-1-2-14-8-20-9-16(14)5-13)10-22-27(24,25)18-4-3-15-11-26-12-17(15)6-18/h1-6,20,22H,7-12H2,(H,21,23). The molecule has 0 atom stereocenters. The third-order valence-corrected chi connectivity index (χ3v) is 6.22. The fourth-order valence-electron chi connectivity index (χ4n) is 3.28. The Balaban J connectivity index is 1.32. The van der Waals surface area contributed by atoms with Gasteiger partial charge in [0.1, 0.15) is 0 Å². The van der Waals surface area contributed by atoms with Crippen molar-refractivity contribution in [3.8, 4) is 0 Å². The zero-order valence-corrected chi connectivity index (χ0v) is 15.6. The summed E-state index contributed by atoms with van der Waals surface area (Å²) in [5, 5.41) is 6.03. The predicted octanol–water partition coefficient (Wildman–Crippen LogP) is 0.915. The molecular weight excluding hydrogens is 366 g/mol. The fraction of sp³-hybridized carbons (Fsp3) is 0.316. The van der Waals surface area contributed by atoms with E-state index in [1.165, 1.54) is 17.2 Å². The number of benzene rings is 2. The van der Waals surface area contributed by atoms with Gasteiger partial charge in [-0.3, -0.25) is 4.79 Å². The van der Waals surface area contributed by atoms with E-state index in [0.717, 1.165) is 29.8 Å². The van der Waals surface area contributed by atoms with Gasteiger partial charge >= 0.3 is 0 Å². The Kier molecular flexibility index (Phi) is 4.96. The van der Waals surface area contributed by atoms with Crippen LogP contribution < -0.4 is 15.4 Å². The van der Waals surface area contributed by atoms with Gasteiger partial charge in [-0.1, -0.05) is 24.3 Å². The van der Waals surface area contributed by atoms with Gasteiger partial charge in [0.25, 0.3) is 0 Å². The molecule has 142 valence electrons. The third-order valence-electron chi connectivity index (χ3n) is 4.82. The molecule has 2 aromatic carbocycles. The molecule has 0 saturated carbocycles. The lowest BCUT2D eigenvalue weighted by Crippen LogP contribution is -2.36. The van der Waals surface area contributed by atoms with Gasteiger partial charge in [0.05, 0.1) is 24.7 Å². The van der Waals surface area contributed by atoms with E-state index < -0.39 is 10.0 Å². The number of sulfonamides is 1. The number of carbonyl (C=O) groups is 1. The smallest absolute Gasteiger partial charge is 0.241 e. The number of hydrogen-bond acceptors (Lipinski definition) is 5. The lowest BCUT2D eigenvalue weighted by atomic mass is 10.1. The summed E-state index contributed by atoms with van der Waals surface area (Å²) in [6.45, 7) is 2.69. The summed E-state index contributed by atoms with van der Waals surface area (Å²) in [4.78, 5) is 12.2. The zero-order valence-electron chi connectivity index (χ0n) is 14.7. The van der Waals surface area contributed by atoms with Crippen molar-refractivity contribution < 1.29 is 17.9 Å². The first-order valence-corrected chi connectivity index (χ1v) is 10.3. The molecule has 2 aliphatic heterocycles. The number of amides is 1. The van der Waals surface area contributed by atoms with Crippen LogP contribution in [0.15, 0.2) is 41.3 Å². The van der Waals surface area contributed by atoms with E-state index in [9.17, 15) is 13.2 Å². The second kappa shape index (κ2) is 7.40. The van der Waals surface area contributed by atoms with Crippen molar-refractivity contribution in [1.29, 1.82) is 0 Å². The Labute approximate surface area is 158 Å². The minimum atomic E-state index is -3.74. The average Bonchev–Trinajstić information content (AvgIpc) is 3.32. The lowest BCUT2D eigenvalue weighted by Gasteiger charge is -2.09. The van der Waals surface area contributed by atoms with Crippen LogP contribution in [0.2, 0.25) is 0 Å². The van der Waals surface area contributed by atoms with E-state index in [0.29, 0.717) is 19.8 Å². The number of ether oxygens (including phenoxy) is 1. The summed E-state index contributed by atoms with van der Waals surface area (Å²) >= 11 is 0. The number of rotatable bonds is 6. The quantitative estimate of drug-likeness (QED) is 0.685. The van der Waals surface area contributed by atoms with Crippen molar-refractivity contribution in [2.75, 3.05) is 6.54 Å². The summed E-state index contributed by atoms with van der Waals surface area (Å²) in [5.74, 6) is -0.373. The van der Waals surface area contributed by atoms with Crippen LogP contribution in [0.5, 0.6) is 0 Å². The molecule has 0 fully saturated rings. The molecule has 2 heterocycles. The van der Waals surface area contributed by atoms with Gasteiger partial charge in [-0.25, -0.2) is 13.1 Å². The highest BCUT2D eigenvalue weighted by molar-refractivity contribution is 7.89. The molecule has 27 heavy (non-hydrogen) atoms. The highest BCUT2D eigenvalue weighted by Crippen LogP contribution is 2.23. The van der Waals surface area contributed by atoms with Crippen LogP contribution in [0.4, 0.5) is 0 Å². The first-order chi connectivity index (χ1) is 13.0. The van der Waals surface area contributed by atoms with Gasteiger partial charge in [-0.05, 0) is 39.9 Å². The maximum absolute atomic E-state index is 12.4. The Morgan fingerprint density at radius 3 is 2.67 bits per heavy atom. The molecule has 2 aromatic rings. The van der Waals surface area contributed by atoms with Crippen LogP contribution in [-0.2, 0) is 52.4 Å². The predicted molar refractivity (Wildman–Crippen MR) is 99.0 cm³/mol. The summed E-state index contributed by atoms with van der Waals surface area (Å²) in [7, 11) is -3.74. The number of hydrogen-bond donors (Lipinski definition) is 3. The van der Waals surface area contributed by atoms with Crippen LogP contribution in [0, 0.1) is 0 Å². The first-order valence-electron chi connectivity index (χ1n) is 8.78. The maximum atomic E-state index is 12.4. The highest BCUT2D eigenvalue weighted by Gasteiger charge is 2.19. The molecule has 0 aromatic heterocycles. The summed E-state index contributed by atoms with van der Waals surface area (Å²) in [6.07, 6.45) is 0. The van der Waals surface area contributed by atoms with Crippen molar-refractivity contribution in [3.63, 3.8) is 0 Å². The molecule has 4 rings (SSSR count). The Morgan fingerprint density at radius 1 is 1.00 bits per heavy atom. The fourth-order valence-corrected chi connectivity index (χ4v) is 4.31. The van der Waals surface area contributed by atoms with E-state index in [4.69, 9.17) is 4.74 Å². The van der Waals surface area contributed by atoms with Crippen molar-refractivity contribution in [2.24, 2.45) is 0 Å². The molecule has 1 amide bonds. The molecule has 0 spiro atoms. The number of fused-ring (bicyclic) bond motifs is 2. The van der Waals surface area contributed by atoms with Gasteiger partial charge in [0.15, 0.2) is 0 Å². The Bertz CT molecular complexity index is 988. The molecule has 0 aliphatic carbocycles. The normalized spacial score (nSPS) is 15.4. The van der Waals surface area contributed by atoms with Crippen molar-refractivity contribution in [3.05, 3.63) is 64.2 Å². The summed E-state index contributed by atoms with van der Waals surface area (Å²) in [5.41, 5.74) is 5.37. The van der Waals surface area contributed by atoms with Gasteiger partial charge in [0.2, 0.25) is 15.9 Å². The molecular formula is C19H21N3O4S. The van der Waals surface area contributed by atoms with Crippen LogP contribution in [-0.4, -0.2) is 20.9 Å². The topological polar surface area (TPSA) is 96.5 Å². The Hall–Kier alpha value is -2.26. The van der Waals surface area contributed by atoms with Crippen LogP contribution in [0.25, 0.3) is 0 Å².